The normalized spacial score (nSPS) is 27.0. The highest BCUT2D eigenvalue weighted by Crippen LogP contribution is 2.20. The third kappa shape index (κ3) is 1.97. The molecular formula is C9H20N2O. The highest BCUT2D eigenvalue weighted by atomic mass is 16.5. The zero-order valence-electron chi connectivity index (χ0n) is 8.34. The van der Waals surface area contributed by atoms with Gasteiger partial charge in [0, 0.05) is 24.7 Å². The van der Waals surface area contributed by atoms with Crippen LogP contribution in [0.1, 0.15) is 20.8 Å². The van der Waals surface area contributed by atoms with Crippen molar-refractivity contribution in [1.29, 1.82) is 0 Å². The van der Waals surface area contributed by atoms with Gasteiger partial charge in [-0.25, -0.2) is 0 Å². The van der Waals surface area contributed by atoms with Crippen LogP contribution in [-0.4, -0.2) is 42.8 Å². The minimum absolute atomic E-state index is 0.150. The molecule has 0 bridgehead atoms. The number of rotatable bonds is 2. The highest BCUT2D eigenvalue weighted by Gasteiger charge is 2.32. The van der Waals surface area contributed by atoms with Gasteiger partial charge in [-0.15, -0.1) is 0 Å². The van der Waals surface area contributed by atoms with Gasteiger partial charge < -0.3 is 10.5 Å². The van der Waals surface area contributed by atoms with E-state index >= 15 is 0 Å². The third-order valence-electron chi connectivity index (χ3n) is 2.58. The van der Waals surface area contributed by atoms with Gasteiger partial charge in [0.05, 0.1) is 13.2 Å². The van der Waals surface area contributed by atoms with Crippen LogP contribution in [0.4, 0.5) is 0 Å². The molecule has 1 heterocycles. The molecule has 1 unspecified atom stereocenters. The van der Waals surface area contributed by atoms with E-state index in [1.54, 1.807) is 0 Å². The summed E-state index contributed by atoms with van der Waals surface area (Å²) in [6.45, 7) is 9.98. The fourth-order valence-corrected chi connectivity index (χ4v) is 1.81. The largest absolute Gasteiger partial charge is 0.378 e. The summed E-state index contributed by atoms with van der Waals surface area (Å²) in [4.78, 5) is 2.43. The molecule has 3 nitrogen and oxygen atoms in total. The lowest BCUT2D eigenvalue weighted by Crippen LogP contribution is -2.58. The van der Waals surface area contributed by atoms with Crippen LogP contribution in [0.2, 0.25) is 0 Å². The van der Waals surface area contributed by atoms with E-state index in [0.717, 1.165) is 26.3 Å². The van der Waals surface area contributed by atoms with Crippen molar-refractivity contribution < 1.29 is 4.74 Å². The molecule has 0 aromatic heterocycles. The van der Waals surface area contributed by atoms with E-state index in [-0.39, 0.29) is 5.54 Å². The minimum Gasteiger partial charge on any atom is -0.378 e. The van der Waals surface area contributed by atoms with Crippen molar-refractivity contribution in [3.8, 4) is 0 Å². The summed E-state index contributed by atoms with van der Waals surface area (Å²) >= 11 is 0. The molecule has 0 aromatic rings. The Bertz CT molecular complexity index is 147. The molecule has 1 aliphatic rings. The van der Waals surface area contributed by atoms with Crippen molar-refractivity contribution in [3.05, 3.63) is 0 Å². The van der Waals surface area contributed by atoms with E-state index in [2.05, 4.69) is 25.7 Å². The summed E-state index contributed by atoms with van der Waals surface area (Å²) in [6.07, 6.45) is 0. The SMILES string of the molecule is CC(CN)N1CCOCC1(C)C. The molecule has 0 saturated carbocycles. The maximum atomic E-state index is 5.64. The molecule has 1 atom stereocenters. The predicted molar refractivity (Wildman–Crippen MR) is 50.1 cm³/mol. The molecule has 0 aromatic carbocycles. The van der Waals surface area contributed by atoms with Crippen LogP contribution in [0.3, 0.4) is 0 Å². The Balaban J connectivity index is 2.59. The van der Waals surface area contributed by atoms with Crippen LogP contribution < -0.4 is 5.73 Å². The van der Waals surface area contributed by atoms with E-state index in [0.29, 0.717) is 6.04 Å². The quantitative estimate of drug-likeness (QED) is 0.657. The number of nitrogens with two attached hydrogens (primary N) is 1. The Labute approximate surface area is 74.9 Å². The van der Waals surface area contributed by atoms with Gasteiger partial charge in [-0.3, -0.25) is 4.90 Å². The average Bonchev–Trinajstić information content (AvgIpc) is 2.02. The molecule has 0 aliphatic carbocycles. The van der Waals surface area contributed by atoms with Crippen LogP contribution in [0.25, 0.3) is 0 Å². The summed E-state index contributed by atoms with van der Waals surface area (Å²) in [5.74, 6) is 0. The molecule has 1 saturated heterocycles. The fraction of sp³-hybridized carbons (Fsp3) is 1.00. The lowest BCUT2D eigenvalue weighted by atomic mass is 10.0. The van der Waals surface area contributed by atoms with E-state index in [1.165, 1.54) is 0 Å². The Morgan fingerprint density at radius 3 is 2.75 bits per heavy atom. The Hall–Kier alpha value is -0.120. The summed E-state index contributed by atoms with van der Waals surface area (Å²) < 4.78 is 5.43. The van der Waals surface area contributed by atoms with Gasteiger partial charge in [-0.2, -0.15) is 0 Å². The van der Waals surface area contributed by atoms with Crippen molar-refractivity contribution in [2.75, 3.05) is 26.3 Å². The molecule has 2 N–H and O–H groups in total. The fourth-order valence-electron chi connectivity index (χ4n) is 1.81. The first-order valence-corrected chi connectivity index (χ1v) is 4.62. The number of hydrogen-bond acceptors (Lipinski definition) is 3. The standard InChI is InChI=1S/C9H20N2O/c1-8(6-10)11-4-5-12-7-9(11,2)3/h8H,4-7,10H2,1-3H3. The summed E-state index contributed by atoms with van der Waals surface area (Å²) in [5.41, 5.74) is 5.79. The molecule has 1 rings (SSSR count). The van der Waals surface area contributed by atoms with E-state index in [1.807, 2.05) is 0 Å². The topological polar surface area (TPSA) is 38.5 Å². The lowest BCUT2D eigenvalue weighted by Gasteiger charge is -2.45. The van der Waals surface area contributed by atoms with Crippen molar-refractivity contribution in [2.45, 2.75) is 32.4 Å². The van der Waals surface area contributed by atoms with Crippen LogP contribution in [0.15, 0.2) is 0 Å². The number of morpholine rings is 1. The van der Waals surface area contributed by atoms with Crippen molar-refractivity contribution in [3.63, 3.8) is 0 Å². The molecule has 0 amide bonds. The Morgan fingerprint density at radius 1 is 1.58 bits per heavy atom. The van der Waals surface area contributed by atoms with E-state index < -0.39 is 0 Å². The first-order valence-electron chi connectivity index (χ1n) is 4.62. The van der Waals surface area contributed by atoms with E-state index in [9.17, 15) is 0 Å². The van der Waals surface area contributed by atoms with Gasteiger partial charge in [-0.05, 0) is 20.8 Å². The molecule has 12 heavy (non-hydrogen) atoms. The molecule has 0 radical (unpaired) electrons. The van der Waals surface area contributed by atoms with Crippen molar-refractivity contribution in [2.24, 2.45) is 5.73 Å². The third-order valence-corrected chi connectivity index (χ3v) is 2.58. The minimum atomic E-state index is 0.150. The smallest absolute Gasteiger partial charge is 0.0645 e. The number of nitrogens with zero attached hydrogens (tertiary/aromatic N) is 1. The average molecular weight is 172 g/mol. The Kier molecular flexibility index (Phi) is 3.09. The molecule has 1 aliphatic heterocycles. The molecule has 72 valence electrons. The monoisotopic (exact) mass is 172 g/mol. The molecule has 0 spiro atoms. The maximum Gasteiger partial charge on any atom is 0.0645 e. The second-order valence-corrected chi connectivity index (χ2v) is 4.14. The highest BCUT2D eigenvalue weighted by molar-refractivity contribution is 4.87. The maximum absolute atomic E-state index is 5.64. The van der Waals surface area contributed by atoms with Crippen LogP contribution in [-0.2, 0) is 4.74 Å². The van der Waals surface area contributed by atoms with Crippen molar-refractivity contribution >= 4 is 0 Å². The summed E-state index contributed by atoms with van der Waals surface area (Å²) in [5, 5.41) is 0. The zero-order chi connectivity index (χ0) is 9.19. The number of hydrogen-bond donors (Lipinski definition) is 1. The molecule has 3 heteroatoms. The van der Waals surface area contributed by atoms with Gasteiger partial charge >= 0.3 is 0 Å². The van der Waals surface area contributed by atoms with Gasteiger partial charge in [0.1, 0.15) is 0 Å². The zero-order valence-corrected chi connectivity index (χ0v) is 8.34. The lowest BCUT2D eigenvalue weighted by molar-refractivity contribution is -0.0669. The summed E-state index contributed by atoms with van der Waals surface area (Å²) in [6, 6.07) is 0.462. The molecular weight excluding hydrogens is 152 g/mol. The van der Waals surface area contributed by atoms with Gasteiger partial charge in [-0.1, -0.05) is 0 Å². The second-order valence-electron chi connectivity index (χ2n) is 4.14. The first kappa shape index (κ1) is 9.96. The van der Waals surface area contributed by atoms with Crippen LogP contribution in [0.5, 0.6) is 0 Å². The molecule has 1 fully saturated rings. The summed E-state index contributed by atoms with van der Waals surface area (Å²) in [7, 11) is 0. The Morgan fingerprint density at radius 2 is 2.25 bits per heavy atom. The number of ether oxygens (including phenoxy) is 1. The van der Waals surface area contributed by atoms with Gasteiger partial charge in [0.2, 0.25) is 0 Å². The second kappa shape index (κ2) is 3.73. The van der Waals surface area contributed by atoms with Gasteiger partial charge in [0.25, 0.3) is 0 Å². The van der Waals surface area contributed by atoms with Gasteiger partial charge in [0.15, 0.2) is 0 Å². The van der Waals surface area contributed by atoms with Crippen molar-refractivity contribution in [1.82, 2.24) is 4.90 Å². The predicted octanol–water partition coefficient (Wildman–Crippen LogP) is 0.444. The van der Waals surface area contributed by atoms with Crippen LogP contribution >= 0.6 is 0 Å². The van der Waals surface area contributed by atoms with E-state index in [4.69, 9.17) is 10.5 Å². The van der Waals surface area contributed by atoms with Crippen LogP contribution in [0, 0.1) is 0 Å². The first-order chi connectivity index (χ1) is 5.58.